The first-order valence-electron chi connectivity index (χ1n) is 6.14. The van der Waals surface area contributed by atoms with E-state index in [-0.39, 0.29) is 0 Å². The number of hydrazine groups is 1. The Morgan fingerprint density at radius 2 is 1.89 bits per heavy atom. The number of benzene rings is 1. The van der Waals surface area contributed by atoms with E-state index in [9.17, 15) is 0 Å². The molecule has 1 aromatic carbocycles. The van der Waals surface area contributed by atoms with Crippen LogP contribution in [0.5, 0.6) is 0 Å². The van der Waals surface area contributed by atoms with Crippen LogP contribution < -0.4 is 5.43 Å². The second-order valence-corrected chi connectivity index (χ2v) is 3.72. The first kappa shape index (κ1) is 12.5. The summed E-state index contributed by atoms with van der Waals surface area (Å²) in [5.41, 5.74) is 5.11. The number of hydrogen-bond acceptors (Lipinski definition) is 4. The average Bonchev–Trinajstić information content (AvgIpc) is 2.42. The van der Waals surface area contributed by atoms with Crippen molar-refractivity contribution in [2.45, 2.75) is 13.8 Å². The van der Waals surface area contributed by atoms with E-state index in [1.165, 1.54) is 0 Å². The van der Waals surface area contributed by atoms with Crippen LogP contribution in [0.1, 0.15) is 19.4 Å². The minimum absolute atomic E-state index is 0.601. The van der Waals surface area contributed by atoms with Gasteiger partial charge in [0, 0.05) is 5.57 Å². The van der Waals surface area contributed by atoms with E-state index < -0.39 is 0 Å². The third kappa shape index (κ3) is 2.84. The third-order valence-electron chi connectivity index (χ3n) is 2.49. The Labute approximate surface area is 107 Å². The molecule has 0 spiro atoms. The minimum Gasteiger partial charge on any atom is -0.492 e. The van der Waals surface area contributed by atoms with Gasteiger partial charge in [0.15, 0.2) is 0 Å². The molecule has 96 valence electrons. The molecule has 0 saturated carbocycles. The SMILES string of the molecule is CCOC1=CNN(OCC)C=C1c1ccccc1. The van der Waals surface area contributed by atoms with E-state index in [4.69, 9.17) is 9.57 Å². The van der Waals surface area contributed by atoms with Crippen molar-refractivity contribution in [2.24, 2.45) is 0 Å². The van der Waals surface area contributed by atoms with E-state index in [0.717, 1.165) is 16.9 Å². The number of nitrogens with zero attached hydrogens (tertiary/aromatic N) is 1. The lowest BCUT2D eigenvalue weighted by atomic mass is 10.1. The Kier molecular flexibility index (Phi) is 4.25. The molecule has 0 atom stereocenters. The van der Waals surface area contributed by atoms with Gasteiger partial charge in [-0.15, -0.1) is 0 Å². The summed E-state index contributed by atoms with van der Waals surface area (Å²) in [6.45, 7) is 5.15. The summed E-state index contributed by atoms with van der Waals surface area (Å²) in [7, 11) is 0. The van der Waals surface area contributed by atoms with E-state index in [0.29, 0.717) is 13.2 Å². The molecule has 0 saturated heterocycles. The molecule has 18 heavy (non-hydrogen) atoms. The van der Waals surface area contributed by atoms with Crippen LogP contribution in [0.25, 0.3) is 5.57 Å². The largest absolute Gasteiger partial charge is 0.492 e. The zero-order valence-electron chi connectivity index (χ0n) is 10.7. The van der Waals surface area contributed by atoms with Crippen LogP contribution in [0.3, 0.4) is 0 Å². The van der Waals surface area contributed by atoms with Gasteiger partial charge in [0.2, 0.25) is 0 Å². The molecule has 1 N–H and O–H groups in total. The molecule has 1 heterocycles. The summed E-state index contributed by atoms with van der Waals surface area (Å²) < 4.78 is 5.62. The molecule has 4 nitrogen and oxygen atoms in total. The maximum Gasteiger partial charge on any atom is 0.146 e. The Hall–Kier alpha value is -1.94. The Morgan fingerprint density at radius 3 is 2.56 bits per heavy atom. The molecule has 1 aliphatic heterocycles. The summed E-state index contributed by atoms with van der Waals surface area (Å²) in [4.78, 5) is 5.41. The van der Waals surface area contributed by atoms with Crippen molar-refractivity contribution in [3.8, 4) is 0 Å². The predicted octanol–water partition coefficient (Wildman–Crippen LogP) is 2.68. The van der Waals surface area contributed by atoms with Gasteiger partial charge in [-0.2, -0.15) is 5.17 Å². The topological polar surface area (TPSA) is 33.7 Å². The zero-order valence-corrected chi connectivity index (χ0v) is 10.7. The van der Waals surface area contributed by atoms with Gasteiger partial charge in [-0.3, -0.25) is 10.3 Å². The van der Waals surface area contributed by atoms with Crippen molar-refractivity contribution in [3.63, 3.8) is 0 Å². The van der Waals surface area contributed by atoms with Crippen molar-refractivity contribution in [1.29, 1.82) is 0 Å². The molecule has 0 unspecified atom stereocenters. The first-order chi connectivity index (χ1) is 8.85. The van der Waals surface area contributed by atoms with Crippen LogP contribution in [0.4, 0.5) is 0 Å². The van der Waals surface area contributed by atoms with E-state index in [1.807, 2.05) is 56.6 Å². The van der Waals surface area contributed by atoms with Crippen molar-refractivity contribution in [1.82, 2.24) is 10.6 Å². The second kappa shape index (κ2) is 6.12. The monoisotopic (exact) mass is 246 g/mol. The Balaban J connectivity index is 2.27. The molecule has 0 aliphatic carbocycles. The predicted molar refractivity (Wildman–Crippen MR) is 70.7 cm³/mol. The van der Waals surface area contributed by atoms with Gasteiger partial charge >= 0.3 is 0 Å². The third-order valence-corrected chi connectivity index (χ3v) is 2.49. The van der Waals surface area contributed by atoms with E-state index in [1.54, 1.807) is 5.17 Å². The number of hydroxylamine groups is 1. The lowest BCUT2D eigenvalue weighted by Crippen LogP contribution is -2.33. The van der Waals surface area contributed by atoms with Gasteiger partial charge < -0.3 is 4.74 Å². The highest BCUT2D eigenvalue weighted by Crippen LogP contribution is 2.26. The summed E-state index contributed by atoms with van der Waals surface area (Å²) in [6, 6.07) is 10.1. The Morgan fingerprint density at radius 1 is 1.11 bits per heavy atom. The molecule has 1 aromatic rings. The van der Waals surface area contributed by atoms with Gasteiger partial charge in [0.25, 0.3) is 0 Å². The van der Waals surface area contributed by atoms with Crippen LogP contribution in [-0.4, -0.2) is 18.4 Å². The molecule has 2 rings (SSSR count). The van der Waals surface area contributed by atoms with Gasteiger partial charge in [-0.25, -0.2) is 0 Å². The quantitative estimate of drug-likeness (QED) is 0.866. The minimum atomic E-state index is 0.601. The van der Waals surface area contributed by atoms with Gasteiger partial charge in [0.1, 0.15) is 5.76 Å². The standard InChI is InChI=1S/C14H18N2O2/c1-3-17-14-10-15-16(18-4-2)11-13(14)12-8-6-5-7-9-12/h5-11,15H,3-4H2,1-2H3. The normalized spacial score (nSPS) is 14.7. The van der Waals surface area contributed by atoms with Crippen molar-refractivity contribution in [3.05, 3.63) is 54.1 Å². The summed E-state index contributed by atoms with van der Waals surface area (Å²) in [6.07, 6.45) is 3.70. The first-order valence-corrected chi connectivity index (χ1v) is 6.14. The van der Waals surface area contributed by atoms with Gasteiger partial charge in [-0.05, 0) is 19.4 Å². The molecule has 0 radical (unpaired) electrons. The van der Waals surface area contributed by atoms with Gasteiger partial charge in [-0.1, -0.05) is 30.3 Å². The highest BCUT2D eigenvalue weighted by molar-refractivity contribution is 5.77. The van der Waals surface area contributed by atoms with Crippen molar-refractivity contribution < 1.29 is 9.57 Å². The maximum absolute atomic E-state index is 5.62. The van der Waals surface area contributed by atoms with Crippen LogP contribution in [0.15, 0.2) is 48.5 Å². The maximum atomic E-state index is 5.62. The number of hydrogen-bond donors (Lipinski definition) is 1. The molecule has 0 fully saturated rings. The zero-order chi connectivity index (χ0) is 12.8. The summed E-state index contributed by atoms with van der Waals surface area (Å²) >= 11 is 0. The van der Waals surface area contributed by atoms with E-state index in [2.05, 4.69) is 5.43 Å². The summed E-state index contributed by atoms with van der Waals surface area (Å²) in [5.74, 6) is 0.819. The number of rotatable bonds is 5. The fraction of sp³-hybridized carbons (Fsp3) is 0.286. The van der Waals surface area contributed by atoms with E-state index >= 15 is 0 Å². The Bertz CT molecular complexity index is 440. The number of allylic oxidation sites excluding steroid dienone is 1. The fourth-order valence-corrected chi connectivity index (χ4v) is 1.74. The van der Waals surface area contributed by atoms with Crippen molar-refractivity contribution >= 4 is 5.57 Å². The van der Waals surface area contributed by atoms with Crippen LogP contribution in [-0.2, 0) is 9.57 Å². The smallest absolute Gasteiger partial charge is 0.146 e. The second-order valence-electron chi connectivity index (χ2n) is 3.72. The van der Waals surface area contributed by atoms with Gasteiger partial charge in [0.05, 0.1) is 25.6 Å². The molecule has 0 bridgehead atoms. The molecule has 1 aliphatic rings. The lowest BCUT2D eigenvalue weighted by Gasteiger charge is -2.26. The molecule has 0 amide bonds. The molecular weight excluding hydrogens is 228 g/mol. The molecule has 0 aromatic heterocycles. The lowest BCUT2D eigenvalue weighted by molar-refractivity contribution is -0.143. The number of nitrogens with one attached hydrogen (secondary N) is 1. The average molecular weight is 246 g/mol. The molecule has 4 heteroatoms. The fourth-order valence-electron chi connectivity index (χ4n) is 1.74. The van der Waals surface area contributed by atoms with Crippen LogP contribution in [0.2, 0.25) is 0 Å². The number of ether oxygens (including phenoxy) is 1. The van der Waals surface area contributed by atoms with Crippen LogP contribution >= 0.6 is 0 Å². The van der Waals surface area contributed by atoms with Crippen molar-refractivity contribution in [2.75, 3.05) is 13.2 Å². The highest BCUT2D eigenvalue weighted by Gasteiger charge is 2.16. The molecular formula is C14H18N2O2. The highest BCUT2D eigenvalue weighted by atomic mass is 16.7. The summed E-state index contributed by atoms with van der Waals surface area (Å²) in [5, 5.41) is 1.59. The van der Waals surface area contributed by atoms with Crippen LogP contribution in [0, 0.1) is 0 Å².